The molecule has 4 heteroatoms. The third-order valence-electron chi connectivity index (χ3n) is 2.82. The number of nitrogens with one attached hydrogen (secondary N) is 1. The van der Waals surface area contributed by atoms with Gasteiger partial charge in [0.2, 0.25) is 0 Å². The molecule has 1 rings (SSSR count). The predicted molar refractivity (Wildman–Crippen MR) is 68.2 cm³/mol. The molecular weight excluding hydrogens is 236 g/mol. The smallest absolute Gasteiger partial charge is 0.131 e. The van der Waals surface area contributed by atoms with Gasteiger partial charge in [-0.3, -0.25) is 0 Å². The minimum atomic E-state index is -1.17. The number of aliphatic hydroxyl groups is 1. The van der Waals surface area contributed by atoms with Crippen LogP contribution in [-0.4, -0.2) is 17.7 Å². The van der Waals surface area contributed by atoms with Gasteiger partial charge in [-0.25, -0.2) is 8.78 Å². The minimum Gasteiger partial charge on any atom is -0.387 e. The molecule has 2 atom stereocenters. The quantitative estimate of drug-likeness (QED) is 0.821. The Kier molecular flexibility index (Phi) is 5.69. The molecule has 1 aromatic carbocycles. The Bertz CT molecular complexity index is 362. The lowest BCUT2D eigenvalue weighted by Gasteiger charge is -2.19. The van der Waals surface area contributed by atoms with Gasteiger partial charge in [0.1, 0.15) is 11.6 Å². The zero-order valence-corrected chi connectivity index (χ0v) is 11.1. The van der Waals surface area contributed by atoms with Crippen LogP contribution in [0.25, 0.3) is 0 Å². The maximum absolute atomic E-state index is 13.4. The van der Waals surface area contributed by atoms with Crippen LogP contribution in [0.3, 0.4) is 0 Å². The van der Waals surface area contributed by atoms with Crippen molar-refractivity contribution in [3.05, 3.63) is 35.4 Å². The van der Waals surface area contributed by atoms with Crippen LogP contribution in [-0.2, 0) is 0 Å². The molecular formula is C14H21F2NO. The fourth-order valence-corrected chi connectivity index (χ4v) is 2.03. The topological polar surface area (TPSA) is 32.3 Å². The van der Waals surface area contributed by atoms with Crippen molar-refractivity contribution in [1.82, 2.24) is 5.32 Å². The Morgan fingerprint density at radius 3 is 2.22 bits per heavy atom. The molecule has 0 saturated carbocycles. The van der Waals surface area contributed by atoms with Gasteiger partial charge in [-0.15, -0.1) is 0 Å². The fraction of sp³-hybridized carbons (Fsp3) is 0.571. The molecule has 2 nitrogen and oxygen atoms in total. The number of aliphatic hydroxyl groups excluding tert-OH is 1. The van der Waals surface area contributed by atoms with Gasteiger partial charge >= 0.3 is 0 Å². The standard InChI is InChI=1S/C14H21F2NO/c1-9(2)7-10(3)17-8-13(18)14-11(15)5-4-6-12(14)16/h4-6,9-10,13,17-18H,7-8H2,1-3H3. The van der Waals surface area contributed by atoms with Crippen LogP contribution < -0.4 is 5.32 Å². The molecule has 0 amide bonds. The molecule has 0 aromatic heterocycles. The van der Waals surface area contributed by atoms with Gasteiger partial charge in [0, 0.05) is 12.6 Å². The van der Waals surface area contributed by atoms with E-state index in [0.717, 1.165) is 18.6 Å². The van der Waals surface area contributed by atoms with Gasteiger partial charge in [-0.2, -0.15) is 0 Å². The van der Waals surface area contributed by atoms with Crippen LogP contribution in [0.15, 0.2) is 18.2 Å². The third-order valence-corrected chi connectivity index (χ3v) is 2.82. The van der Waals surface area contributed by atoms with Gasteiger partial charge in [0.05, 0.1) is 11.7 Å². The van der Waals surface area contributed by atoms with Crippen molar-refractivity contribution in [1.29, 1.82) is 0 Å². The average molecular weight is 257 g/mol. The Hall–Kier alpha value is -1.00. The monoisotopic (exact) mass is 257 g/mol. The molecule has 1 aromatic rings. The molecule has 0 saturated heterocycles. The number of hydrogen-bond donors (Lipinski definition) is 2. The van der Waals surface area contributed by atoms with E-state index < -0.39 is 17.7 Å². The Morgan fingerprint density at radius 2 is 1.72 bits per heavy atom. The molecule has 2 unspecified atom stereocenters. The van der Waals surface area contributed by atoms with Crippen molar-refractivity contribution >= 4 is 0 Å². The molecule has 0 radical (unpaired) electrons. The van der Waals surface area contributed by atoms with Gasteiger partial charge in [-0.05, 0) is 31.4 Å². The van der Waals surface area contributed by atoms with Gasteiger partial charge in [0.15, 0.2) is 0 Å². The summed E-state index contributed by atoms with van der Waals surface area (Å²) in [5, 5.41) is 12.9. The molecule has 0 aliphatic heterocycles. The van der Waals surface area contributed by atoms with Gasteiger partial charge in [-0.1, -0.05) is 19.9 Å². The molecule has 0 bridgehead atoms. The highest BCUT2D eigenvalue weighted by Gasteiger charge is 2.18. The lowest BCUT2D eigenvalue weighted by atomic mass is 10.0. The lowest BCUT2D eigenvalue weighted by Crippen LogP contribution is -2.32. The molecule has 2 N–H and O–H groups in total. The van der Waals surface area contributed by atoms with Gasteiger partial charge < -0.3 is 10.4 Å². The minimum absolute atomic E-state index is 0.145. The van der Waals surface area contributed by atoms with Crippen LogP contribution in [0, 0.1) is 17.6 Å². The van der Waals surface area contributed by atoms with Crippen LogP contribution >= 0.6 is 0 Å². The molecule has 0 aliphatic rings. The maximum atomic E-state index is 13.4. The summed E-state index contributed by atoms with van der Waals surface area (Å²) in [4.78, 5) is 0. The van der Waals surface area contributed by atoms with Crippen molar-refractivity contribution in [2.45, 2.75) is 39.3 Å². The predicted octanol–water partition coefficient (Wildman–Crippen LogP) is 3.02. The highest BCUT2D eigenvalue weighted by molar-refractivity contribution is 5.22. The summed E-state index contributed by atoms with van der Waals surface area (Å²) < 4.78 is 26.8. The summed E-state index contributed by atoms with van der Waals surface area (Å²) in [6.07, 6.45) is -0.215. The van der Waals surface area contributed by atoms with Crippen molar-refractivity contribution < 1.29 is 13.9 Å². The lowest BCUT2D eigenvalue weighted by molar-refractivity contribution is 0.159. The fourth-order valence-electron chi connectivity index (χ4n) is 2.03. The van der Waals surface area contributed by atoms with Gasteiger partial charge in [0.25, 0.3) is 0 Å². The maximum Gasteiger partial charge on any atom is 0.131 e. The summed E-state index contributed by atoms with van der Waals surface area (Å²) >= 11 is 0. The first-order chi connectivity index (χ1) is 8.41. The largest absolute Gasteiger partial charge is 0.387 e. The van der Waals surface area contributed by atoms with E-state index in [2.05, 4.69) is 19.2 Å². The summed E-state index contributed by atoms with van der Waals surface area (Å²) in [7, 11) is 0. The van der Waals surface area contributed by atoms with Crippen molar-refractivity contribution in [2.75, 3.05) is 6.54 Å². The highest BCUT2D eigenvalue weighted by Crippen LogP contribution is 2.20. The zero-order valence-electron chi connectivity index (χ0n) is 11.1. The third kappa shape index (κ3) is 4.35. The van der Waals surface area contributed by atoms with Crippen LogP contribution in [0.5, 0.6) is 0 Å². The van der Waals surface area contributed by atoms with Crippen LogP contribution in [0.4, 0.5) is 8.78 Å². The van der Waals surface area contributed by atoms with Crippen molar-refractivity contribution in [3.63, 3.8) is 0 Å². The molecule has 102 valence electrons. The van der Waals surface area contributed by atoms with E-state index in [-0.39, 0.29) is 18.2 Å². The summed E-state index contributed by atoms with van der Waals surface area (Å²) in [5.74, 6) is -0.878. The molecule has 0 spiro atoms. The molecule has 0 heterocycles. The molecule has 18 heavy (non-hydrogen) atoms. The second kappa shape index (κ2) is 6.81. The zero-order chi connectivity index (χ0) is 13.7. The Morgan fingerprint density at radius 1 is 1.17 bits per heavy atom. The molecule has 0 aliphatic carbocycles. The van der Waals surface area contributed by atoms with E-state index in [0.29, 0.717) is 5.92 Å². The second-order valence-electron chi connectivity index (χ2n) is 5.09. The van der Waals surface area contributed by atoms with Crippen molar-refractivity contribution in [2.24, 2.45) is 5.92 Å². The number of halogens is 2. The van der Waals surface area contributed by atoms with Crippen LogP contribution in [0.2, 0.25) is 0 Å². The number of hydrogen-bond acceptors (Lipinski definition) is 2. The first-order valence-electron chi connectivity index (χ1n) is 6.27. The average Bonchev–Trinajstić information content (AvgIpc) is 2.25. The van der Waals surface area contributed by atoms with E-state index in [1.807, 2.05) is 6.92 Å². The van der Waals surface area contributed by atoms with E-state index >= 15 is 0 Å². The number of rotatable bonds is 6. The van der Waals surface area contributed by atoms with Crippen LogP contribution in [0.1, 0.15) is 38.9 Å². The first kappa shape index (κ1) is 15.1. The Balaban J connectivity index is 2.58. The first-order valence-corrected chi connectivity index (χ1v) is 6.27. The van der Waals surface area contributed by atoms with E-state index in [9.17, 15) is 13.9 Å². The second-order valence-corrected chi connectivity index (χ2v) is 5.09. The highest BCUT2D eigenvalue weighted by atomic mass is 19.1. The summed E-state index contributed by atoms with van der Waals surface area (Å²) in [6.45, 7) is 6.34. The number of benzene rings is 1. The Labute approximate surface area is 107 Å². The van der Waals surface area contributed by atoms with E-state index in [1.54, 1.807) is 0 Å². The SMILES string of the molecule is CC(C)CC(C)NCC(O)c1c(F)cccc1F. The van der Waals surface area contributed by atoms with E-state index in [4.69, 9.17) is 0 Å². The van der Waals surface area contributed by atoms with Crippen molar-refractivity contribution in [3.8, 4) is 0 Å². The summed E-state index contributed by atoms with van der Waals surface area (Å²) in [6, 6.07) is 3.79. The summed E-state index contributed by atoms with van der Waals surface area (Å²) in [5.41, 5.74) is -0.262. The molecule has 0 fully saturated rings. The normalized spacial score (nSPS) is 14.8. The van der Waals surface area contributed by atoms with E-state index in [1.165, 1.54) is 6.07 Å².